The van der Waals surface area contributed by atoms with Gasteiger partial charge in [0.1, 0.15) is 22.6 Å². The molecule has 2 amide bonds. The van der Waals surface area contributed by atoms with E-state index < -0.39 is 72.6 Å². The van der Waals surface area contributed by atoms with Crippen molar-refractivity contribution in [2.45, 2.75) is 44.3 Å². The van der Waals surface area contributed by atoms with E-state index in [9.17, 15) is 40.3 Å². The summed E-state index contributed by atoms with van der Waals surface area (Å²) in [5, 5.41) is 5.31. The molecule has 0 bridgehead atoms. The fourth-order valence-corrected chi connectivity index (χ4v) is 3.55. The predicted molar refractivity (Wildman–Crippen MR) is 95.2 cm³/mol. The third-order valence-electron chi connectivity index (χ3n) is 4.89. The van der Waals surface area contributed by atoms with E-state index in [1.807, 2.05) is 0 Å². The van der Waals surface area contributed by atoms with Gasteiger partial charge in [-0.3, -0.25) is 19.3 Å². The van der Waals surface area contributed by atoms with E-state index in [4.69, 9.17) is 5.73 Å². The summed E-state index contributed by atoms with van der Waals surface area (Å²) in [7, 11) is 0. The molecule has 2 aromatic heterocycles. The standard InChI is InChI=1S/C18H16F7N5O2/c19-14(20)12-11(18(23,24)25)13(30(29-12)7-8-1-3-17(21,22)6-8)16(32)28-9-2-4-27-10(5-9)15(26)31/h2,4-5,8,14H,1,3,6-7H2,(H2,26,31)(H,27,28,32). The average molecular weight is 467 g/mol. The first kappa shape index (κ1) is 23.5. The van der Waals surface area contributed by atoms with Crippen molar-refractivity contribution >= 4 is 17.5 Å². The molecule has 1 saturated carbocycles. The minimum Gasteiger partial charge on any atom is -0.364 e. The van der Waals surface area contributed by atoms with Gasteiger partial charge in [0, 0.05) is 31.3 Å². The van der Waals surface area contributed by atoms with Crippen molar-refractivity contribution in [3.8, 4) is 0 Å². The van der Waals surface area contributed by atoms with Gasteiger partial charge in [-0.15, -0.1) is 0 Å². The molecule has 2 heterocycles. The Bertz CT molecular complexity index is 1040. The molecule has 1 fully saturated rings. The van der Waals surface area contributed by atoms with Gasteiger partial charge in [0.2, 0.25) is 5.92 Å². The van der Waals surface area contributed by atoms with Crippen LogP contribution < -0.4 is 11.1 Å². The zero-order chi connectivity index (χ0) is 23.8. The van der Waals surface area contributed by atoms with Crippen LogP contribution in [-0.4, -0.2) is 32.5 Å². The lowest BCUT2D eigenvalue weighted by Gasteiger charge is -2.15. The molecule has 1 aliphatic rings. The normalized spacial score (nSPS) is 18.2. The van der Waals surface area contributed by atoms with Gasteiger partial charge in [-0.05, 0) is 24.5 Å². The summed E-state index contributed by atoms with van der Waals surface area (Å²) in [6.07, 6.45) is -9.28. The highest BCUT2D eigenvalue weighted by Crippen LogP contribution is 2.42. The number of anilines is 1. The molecule has 2 aromatic rings. The number of carbonyl (C=O) groups is 2. The lowest BCUT2D eigenvalue weighted by Crippen LogP contribution is -2.24. The second kappa shape index (κ2) is 8.39. The van der Waals surface area contributed by atoms with Crippen LogP contribution in [0, 0.1) is 5.92 Å². The van der Waals surface area contributed by atoms with Crippen LogP contribution >= 0.6 is 0 Å². The number of aromatic nitrogens is 3. The van der Waals surface area contributed by atoms with Gasteiger partial charge in [0.15, 0.2) is 0 Å². The number of halogens is 7. The summed E-state index contributed by atoms with van der Waals surface area (Å²) in [5.41, 5.74) is -0.332. The Labute approximate surface area is 175 Å². The molecule has 14 heteroatoms. The maximum atomic E-state index is 13.6. The van der Waals surface area contributed by atoms with Crippen LogP contribution in [0.15, 0.2) is 18.3 Å². The molecule has 0 aromatic carbocycles. The third-order valence-corrected chi connectivity index (χ3v) is 4.89. The van der Waals surface area contributed by atoms with E-state index in [2.05, 4.69) is 15.4 Å². The van der Waals surface area contributed by atoms with Gasteiger partial charge in [0.25, 0.3) is 18.2 Å². The van der Waals surface area contributed by atoms with Crippen molar-refractivity contribution in [2.75, 3.05) is 5.32 Å². The number of nitrogens with zero attached hydrogens (tertiary/aromatic N) is 3. The first-order chi connectivity index (χ1) is 14.8. The van der Waals surface area contributed by atoms with Gasteiger partial charge in [-0.1, -0.05) is 0 Å². The van der Waals surface area contributed by atoms with Crippen LogP contribution in [0.25, 0.3) is 0 Å². The predicted octanol–water partition coefficient (Wildman–Crippen LogP) is 4.02. The molecule has 3 rings (SSSR count). The van der Waals surface area contributed by atoms with E-state index in [0.717, 1.165) is 18.3 Å². The van der Waals surface area contributed by atoms with E-state index in [0.29, 0.717) is 4.68 Å². The van der Waals surface area contributed by atoms with Gasteiger partial charge < -0.3 is 11.1 Å². The van der Waals surface area contributed by atoms with Crippen LogP contribution in [0.3, 0.4) is 0 Å². The van der Waals surface area contributed by atoms with Crippen LogP contribution in [0.5, 0.6) is 0 Å². The molecule has 32 heavy (non-hydrogen) atoms. The quantitative estimate of drug-likeness (QED) is 0.627. The number of pyridine rings is 1. The summed E-state index contributed by atoms with van der Waals surface area (Å²) in [5.74, 6) is -6.36. The molecule has 0 radical (unpaired) electrons. The van der Waals surface area contributed by atoms with E-state index in [1.165, 1.54) is 0 Å². The SMILES string of the molecule is NC(=O)c1cc(NC(=O)c2c(C(F)(F)F)c(C(F)F)nn2CC2CCC(F)(F)C2)ccn1. The topological polar surface area (TPSA) is 103 Å². The highest BCUT2D eigenvalue weighted by atomic mass is 19.4. The molecule has 1 atom stereocenters. The van der Waals surface area contributed by atoms with Crippen LogP contribution in [0.2, 0.25) is 0 Å². The Kier molecular flexibility index (Phi) is 6.15. The number of hydrogen-bond donors (Lipinski definition) is 2. The molecule has 0 aliphatic heterocycles. The number of carbonyl (C=O) groups excluding carboxylic acids is 2. The number of primary amides is 1. The Morgan fingerprint density at radius 3 is 2.53 bits per heavy atom. The maximum absolute atomic E-state index is 13.6. The largest absolute Gasteiger partial charge is 0.420 e. The Morgan fingerprint density at radius 2 is 2.00 bits per heavy atom. The number of alkyl halides is 7. The molecular formula is C18H16F7N5O2. The molecule has 7 nitrogen and oxygen atoms in total. The Balaban J connectivity index is 2.03. The highest BCUT2D eigenvalue weighted by molar-refractivity contribution is 6.05. The lowest BCUT2D eigenvalue weighted by molar-refractivity contribution is -0.139. The summed E-state index contributed by atoms with van der Waals surface area (Å²) < 4.78 is 94.9. The van der Waals surface area contributed by atoms with Gasteiger partial charge in [-0.2, -0.15) is 18.3 Å². The highest BCUT2D eigenvalue weighted by Gasteiger charge is 2.46. The number of amides is 2. The number of hydrogen-bond acceptors (Lipinski definition) is 4. The van der Waals surface area contributed by atoms with Crippen molar-refractivity contribution in [3.05, 3.63) is 41.0 Å². The molecule has 174 valence electrons. The fourth-order valence-electron chi connectivity index (χ4n) is 3.55. The number of nitrogens with one attached hydrogen (secondary N) is 1. The zero-order valence-electron chi connectivity index (χ0n) is 16.1. The van der Waals surface area contributed by atoms with Gasteiger partial charge >= 0.3 is 6.18 Å². The molecular weight excluding hydrogens is 451 g/mol. The van der Waals surface area contributed by atoms with Crippen molar-refractivity contribution in [3.63, 3.8) is 0 Å². The third kappa shape index (κ3) is 4.99. The Morgan fingerprint density at radius 1 is 1.31 bits per heavy atom. The van der Waals surface area contributed by atoms with Crippen LogP contribution in [0.4, 0.5) is 36.4 Å². The van der Waals surface area contributed by atoms with Crippen molar-refractivity contribution in [1.29, 1.82) is 0 Å². The summed E-state index contributed by atoms with van der Waals surface area (Å²) >= 11 is 0. The molecule has 0 saturated heterocycles. The second-order valence-corrected chi connectivity index (χ2v) is 7.30. The summed E-state index contributed by atoms with van der Waals surface area (Å²) in [4.78, 5) is 27.5. The Hall–Kier alpha value is -3.19. The van der Waals surface area contributed by atoms with Gasteiger partial charge in [0.05, 0.1) is 0 Å². The maximum Gasteiger partial charge on any atom is 0.420 e. The zero-order valence-corrected chi connectivity index (χ0v) is 16.1. The molecule has 3 N–H and O–H groups in total. The first-order valence-electron chi connectivity index (χ1n) is 9.19. The van der Waals surface area contributed by atoms with E-state index >= 15 is 0 Å². The lowest BCUT2D eigenvalue weighted by atomic mass is 10.1. The summed E-state index contributed by atoms with van der Waals surface area (Å²) in [6.45, 7) is -0.586. The van der Waals surface area contributed by atoms with Gasteiger partial charge in [-0.25, -0.2) is 17.6 Å². The molecule has 1 aliphatic carbocycles. The molecule has 0 spiro atoms. The van der Waals surface area contributed by atoms with Crippen molar-refractivity contribution in [1.82, 2.24) is 14.8 Å². The smallest absolute Gasteiger partial charge is 0.364 e. The van der Waals surface area contributed by atoms with E-state index in [-0.39, 0.29) is 17.8 Å². The minimum atomic E-state index is -5.38. The van der Waals surface area contributed by atoms with Crippen molar-refractivity contribution < 1.29 is 40.3 Å². The first-order valence-corrected chi connectivity index (χ1v) is 9.19. The minimum absolute atomic E-state index is 0.0778. The van der Waals surface area contributed by atoms with Crippen molar-refractivity contribution in [2.24, 2.45) is 11.7 Å². The summed E-state index contributed by atoms with van der Waals surface area (Å²) in [6, 6.07) is 2.10. The van der Waals surface area contributed by atoms with E-state index in [1.54, 1.807) is 0 Å². The fraction of sp³-hybridized carbons (Fsp3) is 0.444. The number of nitrogens with two attached hydrogens (primary N) is 1. The second-order valence-electron chi connectivity index (χ2n) is 7.30. The van der Waals surface area contributed by atoms with Crippen LogP contribution in [0.1, 0.15) is 57.9 Å². The monoisotopic (exact) mass is 467 g/mol. The van der Waals surface area contributed by atoms with Crippen LogP contribution in [-0.2, 0) is 12.7 Å². The average Bonchev–Trinajstić information content (AvgIpc) is 3.22. The molecule has 1 unspecified atom stereocenters. The number of rotatable bonds is 6.